The summed E-state index contributed by atoms with van der Waals surface area (Å²) in [5.41, 5.74) is 2.54. The number of pyridine rings is 2. The molecule has 2 heterocycles. The van der Waals surface area contributed by atoms with E-state index in [1.807, 2.05) is 73.1 Å². The quantitative estimate of drug-likeness (QED) is 0.311. The molecule has 4 aromatic rings. The van der Waals surface area contributed by atoms with Crippen molar-refractivity contribution in [2.75, 3.05) is 0 Å². The Morgan fingerprint density at radius 3 is 2.41 bits per heavy atom. The molecule has 0 aliphatic heterocycles. The van der Waals surface area contributed by atoms with Gasteiger partial charge in [0.15, 0.2) is 18.2 Å². The molecule has 0 amide bonds. The zero-order valence-electron chi connectivity index (χ0n) is 11.9. The van der Waals surface area contributed by atoms with Gasteiger partial charge in [0.05, 0.1) is 5.39 Å². The fraction of sp³-hybridized carbons (Fsp3) is 0. The molecule has 104 valence electrons. The Hall–Kier alpha value is -3.00. The van der Waals surface area contributed by atoms with Gasteiger partial charge in [-0.15, -0.1) is 0 Å². The largest absolute Gasteiger partial charge is 0.289 e. The zero-order chi connectivity index (χ0) is 14.9. The van der Waals surface area contributed by atoms with Crippen molar-refractivity contribution in [3.8, 4) is 0 Å². The van der Waals surface area contributed by atoms with Crippen LogP contribution >= 0.6 is 0 Å². The van der Waals surface area contributed by atoms with Crippen LogP contribution in [0.1, 0.15) is 15.9 Å². The number of hydrogen-bond acceptors (Lipinski definition) is 1. The molecule has 0 N–H and O–H groups in total. The molecule has 0 atom stereocenters. The Morgan fingerprint density at radius 2 is 1.55 bits per heavy atom. The smallest absolute Gasteiger partial charge is 0.218 e. The van der Waals surface area contributed by atoms with Gasteiger partial charge in [-0.25, -0.2) is 0 Å². The molecule has 0 radical (unpaired) electrons. The highest BCUT2D eigenvalue weighted by atomic mass is 16.1. The van der Waals surface area contributed by atoms with Gasteiger partial charge >= 0.3 is 0 Å². The fourth-order valence-electron chi connectivity index (χ4n) is 2.80. The van der Waals surface area contributed by atoms with Gasteiger partial charge in [0.2, 0.25) is 5.52 Å². The van der Waals surface area contributed by atoms with Crippen LogP contribution in [0.4, 0.5) is 0 Å². The molecule has 0 fully saturated rings. The summed E-state index contributed by atoms with van der Waals surface area (Å²) in [6, 6.07) is 23.4. The number of carbonyl (C=O) groups is 1. The molecule has 0 saturated heterocycles. The molecule has 4 rings (SSSR count). The average Bonchev–Trinajstić information content (AvgIpc) is 2.61. The van der Waals surface area contributed by atoms with Crippen molar-refractivity contribution in [1.29, 1.82) is 0 Å². The highest BCUT2D eigenvalue weighted by Gasteiger charge is 2.12. The number of ketones is 1. The standard InChI is InChI=1S/C20H14NO/c22-20(16-6-2-1-3-7-16)17-10-9-15-11-13-21-12-5-4-8-19(21)18(15)14-17/h1-14H/q+1. The van der Waals surface area contributed by atoms with E-state index in [0.29, 0.717) is 0 Å². The van der Waals surface area contributed by atoms with Crippen LogP contribution in [-0.2, 0) is 0 Å². The molecule has 0 spiro atoms. The molecule has 0 aliphatic carbocycles. The second-order valence-electron chi connectivity index (χ2n) is 5.31. The Balaban J connectivity index is 1.93. The predicted molar refractivity (Wildman–Crippen MR) is 87.0 cm³/mol. The summed E-state index contributed by atoms with van der Waals surface area (Å²) in [5.74, 6) is 0.0560. The monoisotopic (exact) mass is 284 g/mol. The molecule has 22 heavy (non-hydrogen) atoms. The summed E-state index contributed by atoms with van der Waals surface area (Å²) in [4.78, 5) is 12.6. The van der Waals surface area contributed by atoms with E-state index in [9.17, 15) is 4.79 Å². The first-order valence-electron chi connectivity index (χ1n) is 7.25. The van der Waals surface area contributed by atoms with Crippen LogP contribution < -0.4 is 4.40 Å². The number of aromatic nitrogens is 1. The molecule has 2 aromatic heterocycles. The van der Waals surface area contributed by atoms with Gasteiger partial charge in [-0.05, 0) is 17.5 Å². The van der Waals surface area contributed by atoms with E-state index < -0.39 is 0 Å². The van der Waals surface area contributed by atoms with Crippen LogP contribution in [0.3, 0.4) is 0 Å². The summed E-state index contributed by atoms with van der Waals surface area (Å²) in [5, 5.41) is 2.22. The van der Waals surface area contributed by atoms with E-state index in [4.69, 9.17) is 0 Å². The first-order valence-corrected chi connectivity index (χ1v) is 7.25. The van der Waals surface area contributed by atoms with Gasteiger partial charge in [0, 0.05) is 29.3 Å². The average molecular weight is 284 g/mol. The number of fused-ring (bicyclic) bond motifs is 3. The second-order valence-corrected chi connectivity index (χ2v) is 5.31. The Labute approximate surface area is 128 Å². The van der Waals surface area contributed by atoms with Crippen LogP contribution in [0.25, 0.3) is 16.3 Å². The molecule has 2 heteroatoms. The minimum Gasteiger partial charge on any atom is -0.289 e. The van der Waals surface area contributed by atoms with E-state index in [1.54, 1.807) is 0 Å². The number of benzene rings is 2. The van der Waals surface area contributed by atoms with Crippen molar-refractivity contribution < 1.29 is 9.20 Å². The van der Waals surface area contributed by atoms with Gasteiger partial charge in [0.25, 0.3) is 0 Å². The third-order valence-corrected chi connectivity index (χ3v) is 3.93. The fourth-order valence-corrected chi connectivity index (χ4v) is 2.80. The minimum atomic E-state index is 0.0560. The Bertz CT molecular complexity index is 990. The van der Waals surface area contributed by atoms with Gasteiger partial charge in [0.1, 0.15) is 0 Å². The summed E-state index contributed by atoms with van der Waals surface area (Å²) < 4.78 is 2.07. The van der Waals surface area contributed by atoms with E-state index in [0.717, 1.165) is 27.4 Å². The molecular formula is C20H14NO+. The first kappa shape index (κ1) is 12.7. The lowest BCUT2D eigenvalue weighted by atomic mass is 10.00. The maximum absolute atomic E-state index is 12.6. The molecule has 2 nitrogen and oxygen atoms in total. The third kappa shape index (κ3) is 2.06. The molecule has 0 aliphatic rings. The van der Waals surface area contributed by atoms with Gasteiger partial charge < -0.3 is 0 Å². The van der Waals surface area contributed by atoms with Crippen molar-refractivity contribution in [3.05, 3.63) is 96.3 Å². The van der Waals surface area contributed by atoms with Gasteiger partial charge in [-0.3, -0.25) is 4.79 Å². The van der Waals surface area contributed by atoms with Crippen LogP contribution in [0.2, 0.25) is 0 Å². The van der Waals surface area contributed by atoms with Crippen molar-refractivity contribution >= 4 is 22.1 Å². The lowest BCUT2D eigenvalue weighted by molar-refractivity contribution is -0.510. The summed E-state index contributed by atoms with van der Waals surface area (Å²) in [7, 11) is 0. The molecule has 0 saturated carbocycles. The highest BCUT2D eigenvalue weighted by molar-refractivity contribution is 6.11. The summed E-state index contributed by atoms with van der Waals surface area (Å²) >= 11 is 0. The summed E-state index contributed by atoms with van der Waals surface area (Å²) in [6.07, 6.45) is 4.05. The normalized spacial score (nSPS) is 10.9. The second kappa shape index (κ2) is 5.08. The Morgan fingerprint density at radius 1 is 0.727 bits per heavy atom. The van der Waals surface area contributed by atoms with Crippen LogP contribution in [0.15, 0.2) is 85.2 Å². The SMILES string of the molecule is O=C(c1ccccc1)c1ccc2cc[n+]3ccccc3c2c1. The minimum absolute atomic E-state index is 0.0560. The number of carbonyl (C=O) groups excluding carboxylic acids is 1. The van der Waals surface area contributed by atoms with Crippen LogP contribution in [-0.4, -0.2) is 5.78 Å². The van der Waals surface area contributed by atoms with Gasteiger partial charge in [-0.1, -0.05) is 42.5 Å². The number of hydrogen-bond donors (Lipinski definition) is 0. The zero-order valence-corrected chi connectivity index (χ0v) is 11.9. The number of nitrogens with zero attached hydrogens (tertiary/aromatic N) is 1. The predicted octanol–water partition coefficient (Wildman–Crippen LogP) is 3.81. The highest BCUT2D eigenvalue weighted by Crippen LogP contribution is 2.20. The van der Waals surface area contributed by atoms with Crippen molar-refractivity contribution in [2.24, 2.45) is 0 Å². The molecule has 0 unspecified atom stereocenters. The van der Waals surface area contributed by atoms with E-state index >= 15 is 0 Å². The first-order chi connectivity index (χ1) is 10.8. The third-order valence-electron chi connectivity index (χ3n) is 3.93. The maximum atomic E-state index is 12.6. The van der Waals surface area contributed by atoms with Crippen molar-refractivity contribution in [1.82, 2.24) is 0 Å². The lowest BCUT2D eigenvalue weighted by Crippen LogP contribution is -2.19. The van der Waals surface area contributed by atoms with E-state index in [-0.39, 0.29) is 5.78 Å². The van der Waals surface area contributed by atoms with Crippen molar-refractivity contribution in [2.45, 2.75) is 0 Å². The van der Waals surface area contributed by atoms with Crippen molar-refractivity contribution in [3.63, 3.8) is 0 Å². The van der Waals surface area contributed by atoms with Crippen LogP contribution in [0.5, 0.6) is 0 Å². The maximum Gasteiger partial charge on any atom is 0.218 e. The molecule has 2 aromatic carbocycles. The Kier molecular flexibility index (Phi) is 2.94. The number of rotatable bonds is 2. The van der Waals surface area contributed by atoms with E-state index in [2.05, 4.69) is 16.5 Å². The molecule has 0 bridgehead atoms. The van der Waals surface area contributed by atoms with E-state index in [1.165, 1.54) is 0 Å². The summed E-state index contributed by atoms with van der Waals surface area (Å²) in [6.45, 7) is 0. The lowest BCUT2D eigenvalue weighted by Gasteiger charge is -2.03. The van der Waals surface area contributed by atoms with Gasteiger partial charge in [-0.2, -0.15) is 4.40 Å². The molecular weight excluding hydrogens is 270 g/mol. The van der Waals surface area contributed by atoms with Crippen LogP contribution in [0, 0.1) is 0 Å². The topological polar surface area (TPSA) is 21.2 Å².